The van der Waals surface area contributed by atoms with Crippen molar-refractivity contribution in [3.8, 4) is 11.6 Å². The molecule has 0 spiro atoms. The van der Waals surface area contributed by atoms with E-state index in [9.17, 15) is 17.6 Å². The van der Waals surface area contributed by atoms with E-state index in [0.29, 0.717) is 6.07 Å². The minimum absolute atomic E-state index is 0.154. The van der Waals surface area contributed by atoms with Gasteiger partial charge in [-0.3, -0.25) is 0 Å². The smallest absolute Gasteiger partial charge is 0.416 e. The summed E-state index contributed by atoms with van der Waals surface area (Å²) < 4.78 is 55.8. The highest BCUT2D eigenvalue weighted by Crippen LogP contribution is 2.32. The van der Waals surface area contributed by atoms with Crippen LogP contribution in [0.15, 0.2) is 36.5 Å². The number of pyridine rings is 1. The fraction of sp³-hybridized carbons (Fsp3) is 0.0833. The van der Waals surface area contributed by atoms with Crippen molar-refractivity contribution in [1.82, 2.24) is 4.98 Å². The fourth-order valence-corrected chi connectivity index (χ4v) is 1.47. The SMILES string of the molecule is Fc1cc(Cl)ccc1Oc1cc(C(F)(F)F)ccn1. The molecular weight excluding hydrogens is 286 g/mol. The lowest BCUT2D eigenvalue weighted by atomic mass is 10.2. The third-order valence-corrected chi connectivity index (χ3v) is 2.41. The van der Waals surface area contributed by atoms with Crippen molar-refractivity contribution in [3.63, 3.8) is 0 Å². The molecule has 1 aromatic heterocycles. The minimum Gasteiger partial charge on any atom is -0.436 e. The average molecular weight is 292 g/mol. The molecule has 0 aliphatic rings. The molecule has 2 nitrogen and oxygen atoms in total. The van der Waals surface area contributed by atoms with Crippen LogP contribution in [0.4, 0.5) is 17.6 Å². The molecule has 100 valence electrons. The lowest BCUT2D eigenvalue weighted by molar-refractivity contribution is -0.137. The number of halogens is 5. The van der Waals surface area contributed by atoms with Crippen LogP contribution < -0.4 is 4.74 Å². The number of hydrogen-bond acceptors (Lipinski definition) is 2. The number of ether oxygens (including phenoxy) is 1. The van der Waals surface area contributed by atoms with Crippen molar-refractivity contribution < 1.29 is 22.3 Å². The van der Waals surface area contributed by atoms with Gasteiger partial charge in [-0.1, -0.05) is 11.6 Å². The molecule has 0 radical (unpaired) electrons. The topological polar surface area (TPSA) is 22.1 Å². The first-order valence-electron chi connectivity index (χ1n) is 5.02. The second-order valence-corrected chi connectivity index (χ2v) is 3.99. The van der Waals surface area contributed by atoms with E-state index in [1.54, 1.807) is 0 Å². The normalized spacial score (nSPS) is 11.4. The van der Waals surface area contributed by atoms with E-state index >= 15 is 0 Å². The van der Waals surface area contributed by atoms with Crippen LogP contribution >= 0.6 is 11.6 Å². The van der Waals surface area contributed by atoms with E-state index in [2.05, 4.69) is 4.98 Å². The molecule has 0 unspecified atom stereocenters. The molecule has 0 aliphatic carbocycles. The van der Waals surface area contributed by atoms with Gasteiger partial charge >= 0.3 is 6.18 Å². The van der Waals surface area contributed by atoms with E-state index in [0.717, 1.165) is 18.3 Å². The number of nitrogens with zero attached hydrogens (tertiary/aromatic N) is 1. The molecular formula is C12H6ClF4NO. The zero-order valence-corrected chi connectivity index (χ0v) is 9.97. The summed E-state index contributed by atoms with van der Waals surface area (Å²) in [5, 5.41) is 0.154. The maximum Gasteiger partial charge on any atom is 0.416 e. The Morgan fingerprint density at radius 1 is 1.11 bits per heavy atom. The number of hydrogen-bond donors (Lipinski definition) is 0. The lowest BCUT2D eigenvalue weighted by Gasteiger charge is -2.09. The van der Waals surface area contributed by atoms with Gasteiger partial charge in [0.15, 0.2) is 11.6 Å². The van der Waals surface area contributed by atoms with Crippen LogP contribution in [-0.2, 0) is 6.18 Å². The largest absolute Gasteiger partial charge is 0.436 e. The van der Waals surface area contributed by atoms with E-state index in [4.69, 9.17) is 16.3 Å². The van der Waals surface area contributed by atoms with Crippen molar-refractivity contribution in [1.29, 1.82) is 0 Å². The summed E-state index contributed by atoms with van der Waals surface area (Å²) in [6.07, 6.45) is -3.58. The zero-order chi connectivity index (χ0) is 14.0. The second-order valence-electron chi connectivity index (χ2n) is 3.56. The molecule has 2 aromatic rings. The number of aromatic nitrogens is 1. The van der Waals surface area contributed by atoms with Gasteiger partial charge in [0.2, 0.25) is 5.88 Å². The van der Waals surface area contributed by atoms with Crippen molar-refractivity contribution >= 4 is 11.6 Å². The number of benzene rings is 1. The maximum atomic E-state index is 13.4. The summed E-state index contributed by atoms with van der Waals surface area (Å²) in [4.78, 5) is 3.59. The molecule has 0 saturated carbocycles. The van der Waals surface area contributed by atoms with Crippen LogP contribution in [0.5, 0.6) is 11.6 Å². The van der Waals surface area contributed by atoms with E-state index in [-0.39, 0.29) is 16.7 Å². The Morgan fingerprint density at radius 2 is 1.84 bits per heavy atom. The van der Waals surface area contributed by atoms with Gasteiger partial charge in [-0.2, -0.15) is 13.2 Å². The van der Waals surface area contributed by atoms with Gasteiger partial charge in [0.25, 0.3) is 0 Å². The van der Waals surface area contributed by atoms with E-state index in [1.807, 2.05) is 0 Å². The summed E-state index contributed by atoms with van der Waals surface area (Å²) in [6, 6.07) is 5.04. The van der Waals surface area contributed by atoms with Gasteiger partial charge in [-0.05, 0) is 24.3 Å². The fourth-order valence-electron chi connectivity index (χ4n) is 1.31. The predicted octanol–water partition coefficient (Wildman–Crippen LogP) is 4.69. The second kappa shape index (κ2) is 5.05. The molecule has 7 heteroatoms. The molecule has 2 rings (SSSR count). The first kappa shape index (κ1) is 13.6. The first-order valence-corrected chi connectivity index (χ1v) is 5.40. The Labute approximate surface area is 110 Å². The molecule has 0 atom stereocenters. The van der Waals surface area contributed by atoms with Crippen LogP contribution in [0.3, 0.4) is 0 Å². The summed E-state index contributed by atoms with van der Waals surface area (Å²) in [5.74, 6) is -1.39. The summed E-state index contributed by atoms with van der Waals surface area (Å²) in [7, 11) is 0. The Bertz CT molecular complexity index is 601. The van der Waals surface area contributed by atoms with Gasteiger partial charge < -0.3 is 4.74 Å². The van der Waals surface area contributed by atoms with Gasteiger partial charge in [0, 0.05) is 17.3 Å². The summed E-state index contributed by atoms with van der Waals surface area (Å²) >= 11 is 5.55. The highest BCUT2D eigenvalue weighted by molar-refractivity contribution is 6.30. The third-order valence-electron chi connectivity index (χ3n) is 2.17. The van der Waals surface area contributed by atoms with E-state index in [1.165, 1.54) is 12.1 Å². The quantitative estimate of drug-likeness (QED) is 0.749. The highest BCUT2D eigenvalue weighted by atomic mass is 35.5. The zero-order valence-electron chi connectivity index (χ0n) is 9.21. The third kappa shape index (κ3) is 3.35. The Morgan fingerprint density at radius 3 is 2.47 bits per heavy atom. The Kier molecular flexibility index (Phi) is 3.61. The molecule has 0 aliphatic heterocycles. The molecule has 0 bridgehead atoms. The van der Waals surface area contributed by atoms with Crippen LogP contribution in [-0.4, -0.2) is 4.98 Å². The van der Waals surface area contributed by atoms with Gasteiger partial charge in [0.1, 0.15) is 0 Å². The molecule has 1 aromatic carbocycles. The van der Waals surface area contributed by atoms with Crippen molar-refractivity contribution in [3.05, 3.63) is 52.9 Å². The van der Waals surface area contributed by atoms with Gasteiger partial charge in [0.05, 0.1) is 5.56 Å². The van der Waals surface area contributed by atoms with Gasteiger partial charge in [-0.25, -0.2) is 9.37 Å². The Balaban J connectivity index is 2.29. The van der Waals surface area contributed by atoms with Crippen LogP contribution in [0, 0.1) is 5.82 Å². The van der Waals surface area contributed by atoms with Crippen molar-refractivity contribution in [2.45, 2.75) is 6.18 Å². The average Bonchev–Trinajstić information content (AvgIpc) is 2.32. The monoisotopic (exact) mass is 291 g/mol. The highest BCUT2D eigenvalue weighted by Gasteiger charge is 2.31. The van der Waals surface area contributed by atoms with Crippen LogP contribution in [0.25, 0.3) is 0 Å². The molecule has 0 amide bonds. The lowest BCUT2D eigenvalue weighted by Crippen LogP contribution is -2.05. The number of alkyl halides is 3. The standard InChI is InChI=1S/C12H6ClF4NO/c13-8-1-2-10(9(14)6-8)19-11-5-7(3-4-18-11)12(15,16)17/h1-6H. The summed E-state index contributed by atoms with van der Waals surface area (Å²) in [5.41, 5.74) is -0.924. The Hall–Kier alpha value is -1.82. The first-order chi connectivity index (χ1) is 8.86. The van der Waals surface area contributed by atoms with Crippen molar-refractivity contribution in [2.75, 3.05) is 0 Å². The summed E-state index contributed by atoms with van der Waals surface area (Å²) in [6.45, 7) is 0. The van der Waals surface area contributed by atoms with Crippen LogP contribution in [0.2, 0.25) is 5.02 Å². The molecule has 0 N–H and O–H groups in total. The van der Waals surface area contributed by atoms with Gasteiger partial charge in [-0.15, -0.1) is 0 Å². The predicted molar refractivity (Wildman–Crippen MR) is 60.7 cm³/mol. The minimum atomic E-state index is -4.51. The van der Waals surface area contributed by atoms with Crippen molar-refractivity contribution in [2.24, 2.45) is 0 Å². The van der Waals surface area contributed by atoms with Crippen LogP contribution in [0.1, 0.15) is 5.56 Å². The molecule has 0 saturated heterocycles. The maximum absolute atomic E-state index is 13.4. The molecule has 0 fully saturated rings. The van der Waals surface area contributed by atoms with E-state index < -0.39 is 17.6 Å². The number of rotatable bonds is 2. The molecule has 19 heavy (non-hydrogen) atoms. The molecule has 1 heterocycles.